The number of carbonyl (C=O) groups is 2. The third kappa shape index (κ3) is 4.89. The zero-order valence-corrected chi connectivity index (χ0v) is 22.3. The number of carbonyl (C=O) groups excluding carboxylic acids is 2. The largest absolute Gasteiger partial charge is 0.386 e. The molecule has 38 heavy (non-hydrogen) atoms. The molecule has 1 saturated carbocycles. The molecule has 2 aromatic carbocycles. The molecule has 0 unspecified atom stereocenters. The van der Waals surface area contributed by atoms with Gasteiger partial charge >= 0.3 is 0 Å². The Balaban J connectivity index is 1.68. The Labute approximate surface area is 229 Å². The minimum absolute atomic E-state index is 0.0209. The molecule has 10 heteroatoms. The van der Waals surface area contributed by atoms with Crippen LogP contribution in [0.2, 0.25) is 10.0 Å². The Morgan fingerprint density at radius 2 is 1.87 bits per heavy atom. The van der Waals surface area contributed by atoms with Gasteiger partial charge in [-0.05, 0) is 68.7 Å². The van der Waals surface area contributed by atoms with Crippen molar-refractivity contribution in [3.63, 3.8) is 0 Å². The van der Waals surface area contributed by atoms with E-state index in [0.29, 0.717) is 21.3 Å². The molecule has 1 aromatic heterocycles. The van der Waals surface area contributed by atoms with E-state index in [0.717, 1.165) is 12.8 Å². The first kappa shape index (κ1) is 26.6. The Kier molecular flexibility index (Phi) is 6.94. The molecule has 198 valence electrons. The summed E-state index contributed by atoms with van der Waals surface area (Å²) in [5.74, 6) is -1.49. The zero-order valence-electron chi connectivity index (χ0n) is 20.8. The van der Waals surface area contributed by atoms with Crippen molar-refractivity contribution in [3.8, 4) is 0 Å². The van der Waals surface area contributed by atoms with Crippen LogP contribution in [-0.2, 0) is 27.4 Å². The molecule has 0 saturated heterocycles. The number of amides is 2. The van der Waals surface area contributed by atoms with Crippen LogP contribution in [0.3, 0.4) is 0 Å². The highest BCUT2D eigenvalue weighted by atomic mass is 35.5. The maximum absolute atomic E-state index is 16.1. The molecule has 2 N–H and O–H groups in total. The lowest BCUT2D eigenvalue weighted by molar-refractivity contribution is -0.137. The molecule has 0 radical (unpaired) electrons. The number of hydrogen-bond acceptors (Lipinski definition) is 5. The summed E-state index contributed by atoms with van der Waals surface area (Å²) in [6.07, 6.45) is 3.06. The summed E-state index contributed by atoms with van der Waals surface area (Å²) in [6, 6.07) is 12.5. The quantitative estimate of drug-likeness (QED) is 0.375. The van der Waals surface area contributed by atoms with E-state index in [2.05, 4.69) is 10.3 Å². The van der Waals surface area contributed by atoms with Crippen molar-refractivity contribution in [2.75, 3.05) is 6.73 Å². The SMILES string of the molecule is CC(C)(O)c1cc(F)c2c(c1)C(=O)N(Cc1ccc(Cl)cn1)[C@@]2(OCNC(=O)C1CC1)c1ccc(Cl)cc1. The summed E-state index contributed by atoms with van der Waals surface area (Å²) < 4.78 is 22.4. The highest BCUT2D eigenvalue weighted by molar-refractivity contribution is 6.30. The van der Waals surface area contributed by atoms with E-state index in [9.17, 15) is 14.7 Å². The van der Waals surface area contributed by atoms with E-state index in [1.165, 1.54) is 37.1 Å². The third-order valence-corrected chi connectivity index (χ3v) is 7.29. The minimum Gasteiger partial charge on any atom is -0.386 e. The summed E-state index contributed by atoms with van der Waals surface area (Å²) in [5.41, 5.74) is -1.99. The molecule has 3 aromatic rings. The van der Waals surface area contributed by atoms with E-state index in [1.807, 2.05) is 0 Å². The Morgan fingerprint density at radius 1 is 1.18 bits per heavy atom. The molecule has 7 nitrogen and oxygen atoms in total. The number of aromatic nitrogens is 1. The number of halogens is 3. The van der Waals surface area contributed by atoms with Gasteiger partial charge in [-0.3, -0.25) is 19.5 Å². The van der Waals surface area contributed by atoms with Crippen molar-refractivity contribution in [2.24, 2.45) is 5.92 Å². The second-order valence-electron chi connectivity index (χ2n) is 10.1. The maximum Gasteiger partial charge on any atom is 0.257 e. The van der Waals surface area contributed by atoms with Gasteiger partial charge in [0.1, 0.15) is 12.5 Å². The molecule has 1 fully saturated rings. The molecule has 2 amide bonds. The van der Waals surface area contributed by atoms with Crippen LogP contribution in [0.5, 0.6) is 0 Å². The second kappa shape index (κ2) is 9.93. The van der Waals surface area contributed by atoms with Crippen molar-refractivity contribution in [1.29, 1.82) is 0 Å². The van der Waals surface area contributed by atoms with Crippen molar-refractivity contribution < 1.29 is 23.8 Å². The monoisotopic (exact) mass is 557 g/mol. The second-order valence-corrected chi connectivity index (χ2v) is 10.9. The number of pyridine rings is 1. The highest BCUT2D eigenvalue weighted by Crippen LogP contribution is 2.48. The van der Waals surface area contributed by atoms with Gasteiger partial charge in [0.05, 0.1) is 34.0 Å². The van der Waals surface area contributed by atoms with Crippen molar-refractivity contribution in [3.05, 3.63) is 98.5 Å². The first-order chi connectivity index (χ1) is 18.0. The van der Waals surface area contributed by atoms with Crippen LogP contribution in [-0.4, -0.2) is 33.5 Å². The minimum atomic E-state index is -1.77. The number of nitrogens with zero attached hydrogens (tertiary/aromatic N) is 2. The van der Waals surface area contributed by atoms with Gasteiger partial charge in [-0.1, -0.05) is 35.3 Å². The average molecular weight is 558 g/mol. The summed E-state index contributed by atoms with van der Waals surface area (Å²) >= 11 is 12.2. The molecule has 2 aliphatic rings. The van der Waals surface area contributed by atoms with Crippen LogP contribution < -0.4 is 5.32 Å². The first-order valence-corrected chi connectivity index (χ1v) is 12.9. The predicted molar refractivity (Wildman–Crippen MR) is 140 cm³/mol. The fourth-order valence-electron chi connectivity index (χ4n) is 4.65. The lowest BCUT2D eigenvalue weighted by Crippen LogP contribution is -2.49. The number of rotatable bonds is 8. The van der Waals surface area contributed by atoms with Gasteiger partial charge in [0, 0.05) is 22.7 Å². The van der Waals surface area contributed by atoms with Crippen molar-refractivity contribution >= 4 is 35.0 Å². The van der Waals surface area contributed by atoms with Gasteiger partial charge < -0.3 is 15.2 Å². The summed E-state index contributed by atoms with van der Waals surface area (Å²) in [7, 11) is 0. The predicted octanol–water partition coefficient (Wildman–Crippen LogP) is 5.11. The molecule has 1 atom stereocenters. The lowest BCUT2D eigenvalue weighted by Gasteiger charge is -2.39. The number of aliphatic hydroxyl groups is 1. The van der Waals surface area contributed by atoms with Crippen LogP contribution >= 0.6 is 23.2 Å². The molecule has 1 aliphatic heterocycles. The summed E-state index contributed by atoms with van der Waals surface area (Å²) in [4.78, 5) is 32.1. The topological polar surface area (TPSA) is 91.8 Å². The standard InChI is InChI=1S/C28H26Cl2FN3O4/c1-27(2,37)18-11-22-24(23(31)12-18)28(17-5-7-19(29)8-6-17,38-15-33-25(35)16-3-4-16)34(26(22)36)14-21-10-9-20(30)13-32-21/h5-13,16,37H,3-4,14-15H2,1-2H3,(H,33,35)/t28-/m1/s1. The molecular formula is C28H26Cl2FN3O4. The molecule has 5 rings (SSSR count). The Morgan fingerprint density at radius 3 is 2.47 bits per heavy atom. The van der Waals surface area contributed by atoms with E-state index >= 15 is 4.39 Å². The summed E-state index contributed by atoms with van der Waals surface area (Å²) in [5, 5.41) is 14.2. The van der Waals surface area contributed by atoms with E-state index in [4.69, 9.17) is 27.9 Å². The van der Waals surface area contributed by atoms with Crippen molar-refractivity contribution in [1.82, 2.24) is 15.2 Å². The smallest absolute Gasteiger partial charge is 0.257 e. The fraction of sp³-hybridized carbons (Fsp3) is 0.321. The van der Waals surface area contributed by atoms with Crippen LogP contribution in [0.15, 0.2) is 54.7 Å². The van der Waals surface area contributed by atoms with Gasteiger partial charge in [-0.15, -0.1) is 0 Å². The van der Waals surface area contributed by atoms with Gasteiger partial charge in [0.2, 0.25) is 11.6 Å². The van der Waals surface area contributed by atoms with Gasteiger partial charge in [0.15, 0.2) is 0 Å². The summed E-state index contributed by atoms with van der Waals surface area (Å²) in [6.45, 7) is 2.70. The number of ether oxygens (including phenoxy) is 1. The van der Waals surface area contributed by atoms with Crippen LogP contribution in [0.25, 0.3) is 0 Å². The van der Waals surface area contributed by atoms with Crippen LogP contribution in [0.1, 0.15) is 59.4 Å². The molecule has 0 spiro atoms. The van der Waals surface area contributed by atoms with E-state index in [1.54, 1.807) is 36.4 Å². The third-order valence-electron chi connectivity index (χ3n) is 6.81. The normalized spacial score (nSPS) is 19.0. The Hall–Kier alpha value is -3.04. The number of hydrogen-bond donors (Lipinski definition) is 2. The zero-order chi connectivity index (χ0) is 27.2. The number of fused-ring (bicyclic) bond motifs is 1. The first-order valence-electron chi connectivity index (χ1n) is 12.2. The highest BCUT2D eigenvalue weighted by Gasteiger charge is 2.55. The van der Waals surface area contributed by atoms with E-state index < -0.39 is 23.1 Å². The van der Waals surface area contributed by atoms with Crippen LogP contribution in [0, 0.1) is 11.7 Å². The van der Waals surface area contributed by atoms with E-state index in [-0.39, 0.29) is 41.8 Å². The fourth-order valence-corrected chi connectivity index (χ4v) is 4.89. The molecule has 1 aliphatic carbocycles. The lowest BCUT2D eigenvalue weighted by atomic mass is 9.89. The molecule has 2 heterocycles. The van der Waals surface area contributed by atoms with Gasteiger partial charge in [0.25, 0.3) is 5.91 Å². The average Bonchev–Trinajstić information content (AvgIpc) is 3.69. The van der Waals surface area contributed by atoms with Crippen LogP contribution in [0.4, 0.5) is 4.39 Å². The van der Waals surface area contributed by atoms with Gasteiger partial charge in [-0.2, -0.15) is 0 Å². The molecular weight excluding hydrogens is 532 g/mol. The maximum atomic E-state index is 16.1. The molecule has 0 bridgehead atoms. The Bertz CT molecular complexity index is 1390. The number of nitrogens with one attached hydrogen (secondary N) is 1. The number of benzene rings is 2. The van der Waals surface area contributed by atoms with Crippen molar-refractivity contribution in [2.45, 2.75) is 44.6 Å². The van der Waals surface area contributed by atoms with Gasteiger partial charge in [-0.25, -0.2) is 4.39 Å².